The summed E-state index contributed by atoms with van der Waals surface area (Å²) in [4.78, 5) is 46.0. The predicted molar refractivity (Wildman–Crippen MR) is 168 cm³/mol. The Labute approximate surface area is 248 Å². The molecule has 0 aliphatic carbocycles. The van der Waals surface area contributed by atoms with Crippen molar-refractivity contribution in [3.63, 3.8) is 0 Å². The summed E-state index contributed by atoms with van der Waals surface area (Å²) in [5, 5.41) is 3.81. The van der Waals surface area contributed by atoms with Crippen LogP contribution in [0.5, 0.6) is 0 Å². The highest BCUT2D eigenvalue weighted by Gasteiger charge is 2.47. The van der Waals surface area contributed by atoms with E-state index < -0.39 is 40.4 Å². The third-order valence-electron chi connectivity index (χ3n) is 7.68. The van der Waals surface area contributed by atoms with E-state index in [-0.39, 0.29) is 18.7 Å². The molecule has 0 saturated heterocycles. The summed E-state index contributed by atoms with van der Waals surface area (Å²) in [5.41, 5.74) is 18.7. The third kappa shape index (κ3) is 8.38. The normalized spacial score (nSPS) is 15.3. The van der Waals surface area contributed by atoms with Gasteiger partial charge >= 0.3 is 0 Å². The molecule has 2 aromatic carbocycles. The molecular weight excluding hydrogens is 528 g/mol. The van der Waals surface area contributed by atoms with Gasteiger partial charge in [0.2, 0.25) is 11.8 Å². The van der Waals surface area contributed by atoms with Gasteiger partial charge in [0.1, 0.15) is 0 Å². The second-order valence-corrected chi connectivity index (χ2v) is 12.7. The Bertz CT molecular complexity index is 1410. The number of nitrogens with one attached hydrogen (secondary N) is 2. The number of benzene rings is 2. The van der Waals surface area contributed by atoms with Gasteiger partial charge in [0.25, 0.3) is 0 Å². The van der Waals surface area contributed by atoms with Gasteiger partial charge in [-0.25, -0.2) is 0 Å². The molecule has 1 unspecified atom stereocenters. The van der Waals surface area contributed by atoms with Gasteiger partial charge in [-0.1, -0.05) is 54.6 Å². The number of nitrogens with zero attached hydrogens (tertiary/aromatic N) is 1. The highest BCUT2D eigenvalue weighted by atomic mass is 16.2. The molecule has 9 heteroatoms. The average molecular weight is 575 g/mol. The van der Waals surface area contributed by atoms with E-state index >= 15 is 0 Å². The van der Waals surface area contributed by atoms with Crippen LogP contribution in [0, 0.1) is 5.92 Å². The minimum Gasteiger partial charge on any atom is -0.361 e. The predicted octanol–water partition coefficient (Wildman–Crippen LogP) is 3.18. The fourth-order valence-corrected chi connectivity index (χ4v) is 4.89. The van der Waals surface area contributed by atoms with Gasteiger partial charge in [-0.2, -0.15) is 0 Å². The summed E-state index contributed by atoms with van der Waals surface area (Å²) in [6.07, 6.45) is 5.78. The standard InChI is InChI=1S/C33H46N6O3/c1-31(2,34)18-12-17-28(40)38-27(20-23-21-37-26-16-11-10-15-24(23)26)29(41)33(5,36)25(19-22-13-8-7-9-14-22)30(42)39(6)32(3,4)35/h7-17,21,25,27,37H,18-20,34-36H2,1-6H3,(H,38,40)/b17-12+/t25-,27-,33?/m1/s1. The summed E-state index contributed by atoms with van der Waals surface area (Å²) in [6, 6.07) is 16.1. The lowest BCUT2D eigenvalue weighted by atomic mass is 9.75. The molecule has 1 aromatic heterocycles. The molecule has 42 heavy (non-hydrogen) atoms. The van der Waals surface area contributed by atoms with Crippen molar-refractivity contribution < 1.29 is 14.4 Å². The van der Waals surface area contributed by atoms with E-state index in [9.17, 15) is 14.4 Å². The van der Waals surface area contributed by atoms with Crippen molar-refractivity contribution in [2.24, 2.45) is 23.1 Å². The first-order chi connectivity index (χ1) is 19.5. The first-order valence-electron chi connectivity index (χ1n) is 14.3. The van der Waals surface area contributed by atoms with Crippen LogP contribution in [0.2, 0.25) is 0 Å². The fourth-order valence-electron chi connectivity index (χ4n) is 4.89. The Balaban J connectivity index is 2.01. The van der Waals surface area contributed by atoms with Crippen molar-refractivity contribution in [2.75, 3.05) is 7.05 Å². The Hall–Kier alpha value is -3.79. The van der Waals surface area contributed by atoms with Crippen molar-refractivity contribution in [2.45, 2.75) is 76.7 Å². The molecule has 2 amide bonds. The van der Waals surface area contributed by atoms with Crippen molar-refractivity contribution in [3.05, 3.63) is 84.1 Å². The molecule has 0 radical (unpaired) electrons. The largest absolute Gasteiger partial charge is 0.361 e. The van der Waals surface area contributed by atoms with E-state index in [0.717, 1.165) is 22.0 Å². The highest BCUT2D eigenvalue weighted by Crippen LogP contribution is 2.28. The molecule has 1 heterocycles. The van der Waals surface area contributed by atoms with Crippen LogP contribution in [-0.4, -0.2) is 57.3 Å². The van der Waals surface area contributed by atoms with E-state index in [4.69, 9.17) is 17.2 Å². The van der Waals surface area contributed by atoms with Gasteiger partial charge in [0, 0.05) is 36.1 Å². The molecule has 0 bridgehead atoms. The molecule has 3 aromatic rings. The first-order valence-corrected chi connectivity index (χ1v) is 14.3. The van der Waals surface area contributed by atoms with Crippen LogP contribution in [0.1, 0.15) is 52.2 Å². The number of fused-ring (bicyclic) bond motifs is 1. The van der Waals surface area contributed by atoms with Crippen molar-refractivity contribution >= 4 is 28.5 Å². The Morgan fingerprint density at radius 3 is 2.17 bits per heavy atom. The molecular formula is C33H46N6O3. The summed E-state index contributed by atoms with van der Waals surface area (Å²) in [5.74, 6) is -2.20. The molecule has 0 fully saturated rings. The molecule has 226 valence electrons. The van der Waals surface area contributed by atoms with Crippen molar-refractivity contribution in [1.29, 1.82) is 0 Å². The maximum Gasteiger partial charge on any atom is 0.244 e. The van der Waals surface area contributed by atoms with Gasteiger partial charge < -0.3 is 32.4 Å². The van der Waals surface area contributed by atoms with Gasteiger partial charge in [-0.15, -0.1) is 0 Å². The number of hydrogen-bond donors (Lipinski definition) is 5. The van der Waals surface area contributed by atoms with E-state index in [1.54, 1.807) is 33.9 Å². The number of rotatable bonds is 13. The summed E-state index contributed by atoms with van der Waals surface area (Å²) in [6.45, 7) is 8.73. The van der Waals surface area contributed by atoms with Gasteiger partial charge in [-0.05, 0) is 70.7 Å². The highest BCUT2D eigenvalue weighted by molar-refractivity contribution is 6.01. The van der Waals surface area contributed by atoms with Crippen LogP contribution < -0.4 is 22.5 Å². The number of aromatic nitrogens is 1. The first kappa shape index (κ1) is 32.7. The number of para-hydroxylation sites is 1. The molecule has 0 aliphatic rings. The molecule has 9 nitrogen and oxygen atoms in total. The zero-order valence-electron chi connectivity index (χ0n) is 25.6. The lowest BCUT2D eigenvalue weighted by molar-refractivity contribution is -0.145. The van der Waals surface area contributed by atoms with Gasteiger partial charge in [0.15, 0.2) is 5.78 Å². The maximum atomic E-state index is 14.4. The Kier molecular flexibility index (Phi) is 10.1. The average Bonchev–Trinajstić information content (AvgIpc) is 3.32. The van der Waals surface area contributed by atoms with Gasteiger partial charge in [0.05, 0.1) is 23.2 Å². The number of carbonyl (C=O) groups excluding carboxylic acids is 3. The smallest absolute Gasteiger partial charge is 0.244 e. The third-order valence-corrected chi connectivity index (χ3v) is 7.68. The summed E-state index contributed by atoms with van der Waals surface area (Å²) in [7, 11) is 1.61. The molecule has 0 aliphatic heterocycles. The second kappa shape index (κ2) is 13.0. The molecule has 3 atom stereocenters. The van der Waals surface area contributed by atoms with E-state index in [1.165, 1.54) is 11.0 Å². The molecule has 8 N–H and O–H groups in total. The summed E-state index contributed by atoms with van der Waals surface area (Å²) < 4.78 is 0. The molecule has 0 saturated carbocycles. The zero-order valence-corrected chi connectivity index (χ0v) is 25.6. The van der Waals surface area contributed by atoms with Crippen LogP contribution in [0.15, 0.2) is 72.9 Å². The monoisotopic (exact) mass is 574 g/mol. The van der Waals surface area contributed by atoms with Crippen molar-refractivity contribution in [3.8, 4) is 0 Å². The number of H-pyrrole nitrogens is 1. The number of nitrogens with two attached hydrogens (primary N) is 3. The molecule has 0 spiro atoms. The number of Topliss-reactive ketones (excluding diaryl/α,β-unsaturated/α-hetero) is 1. The van der Waals surface area contributed by atoms with Crippen LogP contribution >= 0.6 is 0 Å². The SMILES string of the molecule is CN(C(=O)[C@@H](Cc1ccccc1)C(C)(N)C(=O)[C@@H](Cc1c[nH]c2ccccc12)NC(=O)/C=C/CC(C)(C)N)C(C)(C)N. The number of ketones is 1. The number of aromatic amines is 1. The van der Waals surface area contributed by atoms with E-state index in [1.807, 2.05) is 74.6 Å². The number of amides is 2. The topological polar surface area (TPSA) is 160 Å². The lowest BCUT2D eigenvalue weighted by Gasteiger charge is -2.40. The summed E-state index contributed by atoms with van der Waals surface area (Å²) >= 11 is 0. The second-order valence-electron chi connectivity index (χ2n) is 12.7. The van der Waals surface area contributed by atoms with Crippen molar-refractivity contribution in [1.82, 2.24) is 15.2 Å². The minimum absolute atomic E-state index is 0.183. The number of hydrogen-bond acceptors (Lipinski definition) is 6. The minimum atomic E-state index is -1.65. The van der Waals surface area contributed by atoms with E-state index in [2.05, 4.69) is 10.3 Å². The fraction of sp³-hybridized carbons (Fsp3) is 0.424. The van der Waals surface area contributed by atoms with Crippen LogP contribution in [0.3, 0.4) is 0 Å². The maximum absolute atomic E-state index is 14.4. The van der Waals surface area contributed by atoms with E-state index in [0.29, 0.717) is 6.42 Å². The quantitative estimate of drug-likeness (QED) is 0.156. The van der Waals surface area contributed by atoms with Crippen LogP contribution in [0.4, 0.5) is 0 Å². The number of carbonyl (C=O) groups is 3. The lowest BCUT2D eigenvalue weighted by Crippen LogP contribution is -2.65. The zero-order chi connectivity index (χ0) is 31.3. The molecule has 3 rings (SSSR count). The van der Waals surface area contributed by atoms with Crippen LogP contribution in [-0.2, 0) is 27.2 Å². The van der Waals surface area contributed by atoms with Crippen LogP contribution in [0.25, 0.3) is 10.9 Å². The van der Waals surface area contributed by atoms with Gasteiger partial charge in [-0.3, -0.25) is 14.4 Å². The Morgan fingerprint density at radius 1 is 0.929 bits per heavy atom. The Morgan fingerprint density at radius 2 is 1.55 bits per heavy atom.